The van der Waals surface area contributed by atoms with Crippen molar-refractivity contribution in [2.75, 3.05) is 13.2 Å². The number of esters is 1. The number of fused-ring (bicyclic) bond motifs is 1. The van der Waals surface area contributed by atoms with Gasteiger partial charge >= 0.3 is 19.5 Å². The summed E-state index contributed by atoms with van der Waals surface area (Å²) in [6.45, 7) is 5.06. The molecule has 1 N–H and O–H groups in total. The Morgan fingerprint density at radius 1 is 1.42 bits per heavy atom. The van der Waals surface area contributed by atoms with Gasteiger partial charge in [-0.05, 0) is 33.6 Å². The molecule has 0 bridgehead atoms. The van der Waals surface area contributed by atoms with Gasteiger partial charge in [0.2, 0.25) is 0 Å². The van der Waals surface area contributed by atoms with Gasteiger partial charge in [-0.3, -0.25) is 32.7 Å². The fourth-order valence-corrected chi connectivity index (χ4v) is 5.31. The van der Waals surface area contributed by atoms with E-state index in [1.807, 2.05) is 0 Å². The molecule has 2 saturated heterocycles. The van der Waals surface area contributed by atoms with Crippen molar-refractivity contribution >= 4 is 25.4 Å². The van der Waals surface area contributed by atoms with Crippen molar-refractivity contribution in [1.29, 1.82) is 0 Å². The Morgan fingerprint density at radius 2 is 2.16 bits per heavy atom. The molecule has 11 nitrogen and oxygen atoms in total. The van der Waals surface area contributed by atoms with Gasteiger partial charge in [0.1, 0.15) is 17.1 Å². The fraction of sp³-hybridized carbons (Fsp3) is 0.722. The molecule has 0 spiro atoms. The zero-order valence-corrected chi connectivity index (χ0v) is 19.1. The minimum Gasteiger partial charge on any atom is -0.463 e. The predicted molar refractivity (Wildman–Crippen MR) is 109 cm³/mol. The van der Waals surface area contributed by atoms with Crippen molar-refractivity contribution in [2.24, 2.45) is 0 Å². The molecule has 0 amide bonds. The van der Waals surface area contributed by atoms with Crippen LogP contribution in [0.3, 0.4) is 0 Å². The monoisotopic (exact) mass is 480 g/mol. The molecule has 1 aromatic heterocycles. The van der Waals surface area contributed by atoms with Crippen LogP contribution in [0.5, 0.6) is 0 Å². The molecule has 0 saturated carbocycles. The van der Waals surface area contributed by atoms with E-state index in [1.165, 1.54) is 12.3 Å². The quantitative estimate of drug-likeness (QED) is 0.257. The number of alkyl halides is 1. The number of hydrogen-bond acceptors (Lipinski definition) is 9. The average molecular weight is 481 g/mol. The Hall–Kier alpha value is -1.49. The van der Waals surface area contributed by atoms with Crippen LogP contribution in [0.2, 0.25) is 0 Å². The predicted octanol–water partition coefficient (Wildman–Crippen LogP) is 2.09. The summed E-state index contributed by atoms with van der Waals surface area (Å²) in [6, 6.07) is 1.17. The maximum atomic E-state index is 12.9. The van der Waals surface area contributed by atoms with E-state index in [0.29, 0.717) is 12.8 Å². The first-order valence-electron chi connectivity index (χ1n) is 9.95. The van der Waals surface area contributed by atoms with Crippen molar-refractivity contribution in [3.8, 4) is 0 Å². The van der Waals surface area contributed by atoms with Crippen LogP contribution in [-0.2, 0) is 32.4 Å². The summed E-state index contributed by atoms with van der Waals surface area (Å²) in [7, 11) is -3.91. The summed E-state index contributed by atoms with van der Waals surface area (Å²) in [5, 5.41) is 0. The Kier molecular flexibility index (Phi) is 7.45. The van der Waals surface area contributed by atoms with Gasteiger partial charge in [-0.25, -0.2) is 9.36 Å². The van der Waals surface area contributed by atoms with Crippen molar-refractivity contribution in [2.45, 2.75) is 69.4 Å². The van der Waals surface area contributed by atoms with E-state index in [9.17, 15) is 18.9 Å². The lowest BCUT2D eigenvalue weighted by atomic mass is 10.0. The largest absolute Gasteiger partial charge is 0.475 e. The highest BCUT2D eigenvalue weighted by molar-refractivity contribution is 7.48. The second-order valence-corrected chi connectivity index (χ2v) is 10.2. The van der Waals surface area contributed by atoms with Gasteiger partial charge in [0.05, 0.1) is 19.3 Å². The van der Waals surface area contributed by atoms with Gasteiger partial charge in [-0.1, -0.05) is 0 Å². The van der Waals surface area contributed by atoms with E-state index < -0.39 is 42.4 Å². The van der Waals surface area contributed by atoms with Crippen molar-refractivity contribution in [3.63, 3.8) is 0 Å². The Morgan fingerprint density at radius 3 is 2.84 bits per heavy atom. The summed E-state index contributed by atoms with van der Waals surface area (Å²) in [5.41, 5.74) is -1.25. The molecular formula is C18H26ClN2O9P. The van der Waals surface area contributed by atoms with Crippen molar-refractivity contribution in [3.05, 3.63) is 33.1 Å². The molecule has 3 rings (SSSR count). The Balaban J connectivity index is 1.58. The Labute approximate surface area is 183 Å². The summed E-state index contributed by atoms with van der Waals surface area (Å²) < 4.78 is 41.1. The fourth-order valence-electron chi connectivity index (χ4n) is 3.39. The SMILES string of the molecule is CC(C)OC(=O)CCCCOP1(=O)OC[C@H]2O[C@@H](n3ccc(=O)[nH]c3=O)[C@](C)(Cl)[C@@H]2O1. The molecule has 1 unspecified atom stereocenters. The highest BCUT2D eigenvalue weighted by Gasteiger charge is 2.60. The average Bonchev–Trinajstić information content (AvgIpc) is 2.91. The summed E-state index contributed by atoms with van der Waals surface area (Å²) >= 11 is 6.66. The minimum absolute atomic E-state index is 0.0479. The first-order valence-corrected chi connectivity index (χ1v) is 11.8. The topological polar surface area (TPSA) is 135 Å². The number of nitrogens with one attached hydrogen (secondary N) is 1. The van der Waals surface area contributed by atoms with Gasteiger partial charge < -0.3 is 9.47 Å². The number of nitrogens with zero attached hydrogens (tertiary/aromatic N) is 1. The maximum absolute atomic E-state index is 12.9. The van der Waals surface area contributed by atoms with Crippen LogP contribution in [0, 0.1) is 0 Å². The number of phosphoric ester groups is 1. The van der Waals surface area contributed by atoms with E-state index >= 15 is 0 Å². The highest BCUT2D eigenvalue weighted by Crippen LogP contribution is 2.59. The number of carbonyl (C=O) groups is 1. The van der Waals surface area contributed by atoms with Gasteiger partial charge in [0, 0.05) is 18.7 Å². The maximum Gasteiger partial charge on any atom is 0.475 e. The van der Waals surface area contributed by atoms with Crippen molar-refractivity contribution < 1.29 is 32.4 Å². The van der Waals surface area contributed by atoms with Gasteiger partial charge in [-0.15, -0.1) is 11.6 Å². The van der Waals surface area contributed by atoms with Crippen LogP contribution in [0.15, 0.2) is 21.9 Å². The molecule has 2 fully saturated rings. The first-order chi connectivity index (χ1) is 14.5. The van der Waals surface area contributed by atoms with Crippen LogP contribution in [0.1, 0.15) is 46.3 Å². The Bertz CT molecular complexity index is 960. The van der Waals surface area contributed by atoms with Crippen LogP contribution in [0.25, 0.3) is 0 Å². The summed E-state index contributed by atoms with van der Waals surface area (Å²) in [6.07, 6.45) is -0.317. The van der Waals surface area contributed by atoms with Crippen LogP contribution in [0.4, 0.5) is 0 Å². The third-order valence-corrected chi connectivity index (χ3v) is 6.67. The lowest BCUT2D eigenvalue weighted by Gasteiger charge is -2.34. The van der Waals surface area contributed by atoms with Gasteiger partial charge in [0.15, 0.2) is 6.23 Å². The number of aromatic nitrogens is 2. The smallest absolute Gasteiger partial charge is 0.463 e. The molecule has 2 aliphatic heterocycles. The molecule has 3 heterocycles. The number of H-pyrrole nitrogens is 1. The third-order valence-electron chi connectivity index (χ3n) is 4.82. The number of carbonyl (C=O) groups excluding carboxylic acids is 1. The number of ether oxygens (including phenoxy) is 2. The first kappa shape index (κ1) is 24.2. The standard InChI is InChI=1S/C18H26ClN2O9P/c1-11(2)28-14(23)6-4-5-9-26-31(25)27-10-12-15(30-31)18(3,19)16(29-12)21-8-7-13(22)20-17(21)24/h7-8,11-12,15-16H,4-6,9-10H2,1-3H3,(H,20,22,24)/t12-,15-,16-,18-,31?/m1/s1. The van der Waals surface area contributed by atoms with E-state index in [-0.39, 0.29) is 31.7 Å². The van der Waals surface area contributed by atoms with E-state index in [4.69, 9.17) is 34.6 Å². The second kappa shape index (κ2) is 9.56. The van der Waals surface area contributed by atoms with E-state index in [0.717, 1.165) is 4.57 Å². The molecule has 1 aromatic rings. The zero-order valence-electron chi connectivity index (χ0n) is 17.4. The number of rotatable bonds is 8. The highest BCUT2D eigenvalue weighted by atomic mass is 35.5. The second-order valence-electron chi connectivity index (χ2n) is 7.79. The normalized spacial score (nSPS) is 32.7. The van der Waals surface area contributed by atoms with Gasteiger partial charge in [0.25, 0.3) is 5.56 Å². The molecule has 174 valence electrons. The molecule has 13 heteroatoms. The third kappa shape index (κ3) is 5.66. The molecule has 5 atom stereocenters. The van der Waals surface area contributed by atoms with Gasteiger partial charge in [-0.2, -0.15) is 0 Å². The molecular weight excluding hydrogens is 455 g/mol. The lowest BCUT2D eigenvalue weighted by molar-refractivity contribution is -0.147. The number of aromatic amines is 1. The molecule has 0 radical (unpaired) electrons. The van der Waals surface area contributed by atoms with E-state index in [1.54, 1.807) is 20.8 Å². The summed E-state index contributed by atoms with van der Waals surface area (Å²) in [4.78, 5) is 35.8. The minimum atomic E-state index is -3.91. The van der Waals surface area contributed by atoms with E-state index in [2.05, 4.69) is 4.98 Å². The number of unbranched alkanes of at least 4 members (excludes halogenated alkanes) is 1. The molecule has 0 aromatic carbocycles. The number of phosphoric acid groups is 1. The summed E-state index contributed by atoms with van der Waals surface area (Å²) in [5.74, 6) is -0.306. The van der Waals surface area contributed by atoms with Crippen molar-refractivity contribution in [1.82, 2.24) is 9.55 Å². The zero-order chi connectivity index (χ0) is 22.8. The molecule has 0 aliphatic carbocycles. The number of halogens is 1. The van der Waals surface area contributed by atoms with Crippen LogP contribution in [-0.4, -0.2) is 51.9 Å². The van der Waals surface area contributed by atoms with Crippen LogP contribution >= 0.6 is 19.4 Å². The lowest BCUT2D eigenvalue weighted by Crippen LogP contribution is -2.45. The molecule has 2 aliphatic rings. The number of hydrogen-bond donors (Lipinski definition) is 1. The van der Waals surface area contributed by atoms with Crippen LogP contribution < -0.4 is 11.2 Å². The molecule has 31 heavy (non-hydrogen) atoms.